The van der Waals surface area contributed by atoms with Crippen molar-refractivity contribution in [2.45, 2.75) is 37.6 Å². The van der Waals surface area contributed by atoms with Crippen LogP contribution in [0.3, 0.4) is 0 Å². The molecule has 8 heteroatoms. The van der Waals surface area contributed by atoms with Gasteiger partial charge in [-0.15, -0.1) is 0 Å². The van der Waals surface area contributed by atoms with E-state index in [0.717, 1.165) is 0 Å². The summed E-state index contributed by atoms with van der Waals surface area (Å²) in [6, 6.07) is 2.72. The summed E-state index contributed by atoms with van der Waals surface area (Å²) < 4.78 is 34.4. The van der Waals surface area contributed by atoms with Crippen molar-refractivity contribution in [3.05, 3.63) is 34.1 Å². The number of carboxylic acid groups (broad SMARTS) is 1. The second-order valence-electron chi connectivity index (χ2n) is 7.08. The van der Waals surface area contributed by atoms with Gasteiger partial charge < -0.3 is 19.3 Å². The summed E-state index contributed by atoms with van der Waals surface area (Å²) in [6.45, 7) is 1.02. The van der Waals surface area contributed by atoms with Crippen LogP contribution in [-0.4, -0.2) is 48.2 Å². The van der Waals surface area contributed by atoms with Gasteiger partial charge in [-0.05, 0) is 25.0 Å². The Labute approximate surface area is 154 Å². The van der Waals surface area contributed by atoms with Crippen LogP contribution in [-0.2, 0) is 0 Å². The minimum absolute atomic E-state index is 0.176. The number of benzene rings is 1. The zero-order chi connectivity index (χ0) is 19.3. The maximum Gasteiger partial charge on any atom is 0.341 e. The number of ether oxygens (including phenoxy) is 1. The monoisotopic (exact) mass is 378 g/mol. The van der Waals surface area contributed by atoms with Crippen LogP contribution >= 0.6 is 0 Å². The Morgan fingerprint density at radius 1 is 1.26 bits per heavy atom. The number of piperidine rings is 1. The second-order valence-corrected chi connectivity index (χ2v) is 7.08. The molecule has 1 aliphatic heterocycles. The minimum atomic E-state index is -1.35. The van der Waals surface area contributed by atoms with Gasteiger partial charge in [0.05, 0.1) is 29.7 Å². The fraction of sp³-hybridized carbons (Fsp3) is 0.474. The number of halogens is 2. The molecule has 1 saturated carbocycles. The third-order valence-corrected chi connectivity index (χ3v) is 5.36. The molecule has 6 nitrogen and oxygen atoms in total. The molecule has 2 fully saturated rings. The molecule has 27 heavy (non-hydrogen) atoms. The van der Waals surface area contributed by atoms with Crippen LogP contribution in [0, 0.1) is 0 Å². The number of pyridine rings is 1. The average Bonchev–Trinajstić information content (AvgIpc) is 3.38. The fourth-order valence-corrected chi connectivity index (χ4v) is 3.80. The number of alkyl halides is 2. The topological polar surface area (TPSA) is 71.8 Å². The first kappa shape index (κ1) is 17.8. The lowest BCUT2D eigenvalue weighted by Gasteiger charge is -2.32. The van der Waals surface area contributed by atoms with E-state index in [2.05, 4.69) is 0 Å². The van der Waals surface area contributed by atoms with Crippen molar-refractivity contribution in [1.82, 2.24) is 4.57 Å². The molecular weight excluding hydrogens is 358 g/mol. The first-order valence-corrected chi connectivity index (χ1v) is 8.94. The zero-order valence-corrected chi connectivity index (χ0v) is 14.8. The van der Waals surface area contributed by atoms with E-state index in [0.29, 0.717) is 42.9 Å². The molecule has 0 bridgehead atoms. The minimum Gasteiger partial charge on any atom is -0.492 e. The van der Waals surface area contributed by atoms with Crippen LogP contribution in [0.25, 0.3) is 10.9 Å². The third kappa shape index (κ3) is 2.93. The van der Waals surface area contributed by atoms with Gasteiger partial charge in [0.1, 0.15) is 17.9 Å². The van der Waals surface area contributed by atoms with E-state index in [1.54, 1.807) is 12.1 Å². The fourth-order valence-electron chi connectivity index (χ4n) is 3.80. The van der Waals surface area contributed by atoms with Crippen LogP contribution in [0.15, 0.2) is 23.1 Å². The number of nitrogens with zero attached hydrogens (tertiary/aromatic N) is 2. The first-order valence-electron chi connectivity index (χ1n) is 8.94. The van der Waals surface area contributed by atoms with E-state index >= 15 is 0 Å². The lowest BCUT2D eigenvalue weighted by atomic mass is 10.1. The third-order valence-electron chi connectivity index (χ3n) is 5.36. The van der Waals surface area contributed by atoms with Crippen molar-refractivity contribution in [1.29, 1.82) is 0 Å². The van der Waals surface area contributed by atoms with E-state index in [4.69, 9.17) is 4.74 Å². The van der Waals surface area contributed by atoms with E-state index in [1.807, 2.05) is 4.90 Å². The van der Waals surface area contributed by atoms with E-state index in [-0.39, 0.29) is 11.8 Å². The number of hydrogen-bond acceptors (Lipinski definition) is 4. The largest absolute Gasteiger partial charge is 0.492 e. The zero-order valence-electron chi connectivity index (χ0n) is 14.8. The van der Waals surface area contributed by atoms with Crippen LogP contribution in [0.2, 0.25) is 0 Å². The van der Waals surface area contributed by atoms with Gasteiger partial charge in [-0.3, -0.25) is 4.79 Å². The van der Waals surface area contributed by atoms with E-state index in [1.165, 1.54) is 17.9 Å². The normalized spacial score (nSPS) is 22.9. The highest BCUT2D eigenvalue weighted by atomic mass is 19.1. The van der Waals surface area contributed by atoms with Crippen molar-refractivity contribution >= 4 is 22.6 Å². The van der Waals surface area contributed by atoms with Gasteiger partial charge in [0.2, 0.25) is 5.43 Å². The molecule has 2 atom stereocenters. The Morgan fingerprint density at radius 2 is 1.93 bits per heavy atom. The molecule has 1 saturated heterocycles. The van der Waals surface area contributed by atoms with Gasteiger partial charge in [-0.1, -0.05) is 0 Å². The smallest absolute Gasteiger partial charge is 0.341 e. The van der Waals surface area contributed by atoms with Crippen molar-refractivity contribution in [2.24, 2.45) is 0 Å². The van der Waals surface area contributed by atoms with Gasteiger partial charge in [0.25, 0.3) is 0 Å². The summed E-state index contributed by atoms with van der Waals surface area (Å²) in [5.74, 6) is -0.960. The molecule has 0 amide bonds. The summed E-state index contributed by atoms with van der Waals surface area (Å²) >= 11 is 0. The number of rotatable bonds is 4. The Kier molecular flexibility index (Phi) is 4.28. The maximum absolute atomic E-state index is 13.8. The van der Waals surface area contributed by atoms with Gasteiger partial charge in [-0.25, -0.2) is 13.6 Å². The second kappa shape index (κ2) is 6.51. The molecule has 2 aromatic rings. The van der Waals surface area contributed by atoms with Gasteiger partial charge in [0.15, 0.2) is 5.75 Å². The molecule has 0 spiro atoms. The summed E-state index contributed by atoms with van der Waals surface area (Å²) in [6.07, 6.45) is 0.354. The maximum atomic E-state index is 13.8. The van der Waals surface area contributed by atoms with Crippen LogP contribution in [0.4, 0.5) is 14.5 Å². The molecule has 2 unspecified atom stereocenters. The summed E-state index contributed by atoms with van der Waals surface area (Å²) in [7, 11) is 1.46. The van der Waals surface area contributed by atoms with Gasteiger partial charge in [-0.2, -0.15) is 0 Å². The number of aromatic carboxylic acids is 1. The van der Waals surface area contributed by atoms with Gasteiger partial charge in [0, 0.05) is 25.7 Å². The predicted molar refractivity (Wildman–Crippen MR) is 96.6 cm³/mol. The number of aromatic nitrogens is 1. The van der Waals surface area contributed by atoms with Crippen LogP contribution in [0.1, 0.15) is 35.7 Å². The van der Waals surface area contributed by atoms with Crippen molar-refractivity contribution < 1.29 is 23.4 Å². The standard InChI is InChI=1S/C19H20F2N2O4/c1-27-18-14(22-6-4-10(20)5-7-22)3-2-11-16(18)23(15-8-13(15)21)9-12(17(11)24)19(25)26/h2-3,9-10,13,15H,4-8H2,1H3,(H,25,26). The lowest BCUT2D eigenvalue weighted by Crippen LogP contribution is -2.34. The summed E-state index contributed by atoms with van der Waals surface area (Å²) in [5.41, 5.74) is 0.0634. The molecule has 2 heterocycles. The lowest BCUT2D eigenvalue weighted by molar-refractivity contribution is 0.0694. The number of anilines is 1. The van der Waals surface area contributed by atoms with Crippen LogP contribution < -0.4 is 15.1 Å². The molecule has 1 N–H and O–H groups in total. The van der Waals surface area contributed by atoms with E-state index in [9.17, 15) is 23.5 Å². The van der Waals surface area contributed by atoms with Crippen molar-refractivity contribution in [3.63, 3.8) is 0 Å². The predicted octanol–water partition coefficient (Wildman–Crippen LogP) is 2.93. The van der Waals surface area contributed by atoms with Crippen molar-refractivity contribution in [2.75, 3.05) is 25.1 Å². The molecule has 1 aromatic heterocycles. The quantitative estimate of drug-likeness (QED) is 0.886. The Hall–Kier alpha value is -2.64. The van der Waals surface area contributed by atoms with E-state index < -0.39 is 35.3 Å². The molecular formula is C19H20F2N2O4. The number of carbonyl (C=O) groups is 1. The SMILES string of the molecule is COc1c(N2CCC(F)CC2)ccc2c(=O)c(C(=O)O)cn(C3CC3F)c12. The Bertz CT molecular complexity index is 966. The molecule has 2 aliphatic rings. The number of fused-ring (bicyclic) bond motifs is 1. The molecule has 1 aliphatic carbocycles. The van der Waals surface area contributed by atoms with Crippen molar-refractivity contribution in [3.8, 4) is 5.75 Å². The highest BCUT2D eigenvalue weighted by Crippen LogP contribution is 2.44. The number of methoxy groups -OCH3 is 1. The molecule has 1 aromatic carbocycles. The van der Waals surface area contributed by atoms with Gasteiger partial charge >= 0.3 is 5.97 Å². The first-order chi connectivity index (χ1) is 12.9. The van der Waals surface area contributed by atoms with Crippen LogP contribution in [0.5, 0.6) is 5.75 Å². The summed E-state index contributed by atoms with van der Waals surface area (Å²) in [5, 5.41) is 9.52. The molecule has 0 radical (unpaired) electrons. The highest BCUT2D eigenvalue weighted by molar-refractivity contribution is 5.97. The molecule has 4 rings (SSSR count). The Morgan fingerprint density at radius 3 is 2.48 bits per heavy atom. The summed E-state index contributed by atoms with van der Waals surface area (Å²) in [4.78, 5) is 26.1. The average molecular weight is 378 g/mol. The number of carboxylic acids is 1. The molecule has 144 valence electrons. The number of hydrogen-bond donors (Lipinski definition) is 1. The Balaban J connectivity index is 1.95. The highest BCUT2D eigenvalue weighted by Gasteiger charge is 2.41.